The average molecular weight is 250 g/mol. The fraction of sp³-hybridized carbons (Fsp3) is 0.600. The molecule has 0 atom stereocenters. The second-order valence-corrected chi connectivity index (χ2v) is 4.33. The quantitative estimate of drug-likeness (QED) is 0.728. The van der Waals surface area contributed by atoms with Crippen molar-refractivity contribution in [3.05, 3.63) is 24.3 Å². The molecule has 0 aliphatic rings. The summed E-state index contributed by atoms with van der Waals surface area (Å²) in [6.07, 6.45) is 1.05. The van der Waals surface area contributed by atoms with Crippen LogP contribution in [0.4, 0.5) is 5.69 Å². The van der Waals surface area contributed by atoms with E-state index >= 15 is 0 Å². The third-order valence-corrected chi connectivity index (χ3v) is 2.98. The van der Waals surface area contributed by atoms with Crippen LogP contribution in [-0.2, 0) is 0 Å². The van der Waals surface area contributed by atoms with Gasteiger partial charge in [-0.3, -0.25) is 0 Å². The smallest absolute Gasteiger partial charge is 0.119 e. The van der Waals surface area contributed by atoms with Crippen LogP contribution in [-0.4, -0.2) is 37.7 Å². The molecule has 3 nitrogen and oxygen atoms in total. The number of ether oxygens (including phenoxy) is 1. The van der Waals surface area contributed by atoms with E-state index in [2.05, 4.69) is 43.1 Å². The Balaban J connectivity index is 2.30. The van der Waals surface area contributed by atoms with Gasteiger partial charge in [0.1, 0.15) is 5.75 Å². The van der Waals surface area contributed by atoms with Gasteiger partial charge in [0.25, 0.3) is 0 Å². The zero-order valence-corrected chi connectivity index (χ0v) is 11.9. The van der Waals surface area contributed by atoms with Gasteiger partial charge < -0.3 is 15.0 Å². The third-order valence-electron chi connectivity index (χ3n) is 2.98. The lowest BCUT2D eigenvalue weighted by Crippen LogP contribution is -2.28. The van der Waals surface area contributed by atoms with Crippen molar-refractivity contribution >= 4 is 5.69 Å². The van der Waals surface area contributed by atoms with Crippen molar-refractivity contribution in [2.45, 2.75) is 27.2 Å². The van der Waals surface area contributed by atoms with E-state index in [1.165, 1.54) is 0 Å². The average Bonchev–Trinajstić information content (AvgIpc) is 2.42. The summed E-state index contributed by atoms with van der Waals surface area (Å²) in [5, 5.41) is 3.43. The Bertz CT molecular complexity index is 307. The molecule has 0 aromatic heterocycles. The summed E-state index contributed by atoms with van der Waals surface area (Å²) in [5.41, 5.74) is 1.16. The van der Waals surface area contributed by atoms with Crippen molar-refractivity contribution in [2.24, 2.45) is 0 Å². The molecule has 0 bridgehead atoms. The van der Waals surface area contributed by atoms with Crippen LogP contribution in [0.3, 0.4) is 0 Å². The minimum atomic E-state index is 0.786. The molecule has 0 unspecified atom stereocenters. The van der Waals surface area contributed by atoms with Crippen molar-refractivity contribution in [3.63, 3.8) is 0 Å². The lowest BCUT2D eigenvalue weighted by atomic mass is 10.3. The molecule has 0 saturated heterocycles. The first kappa shape index (κ1) is 14.8. The molecule has 0 saturated carbocycles. The summed E-state index contributed by atoms with van der Waals surface area (Å²) in [5.74, 6) is 0.950. The normalized spacial score (nSPS) is 10.7. The molecule has 1 N–H and O–H groups in total. The summed E-state index contributed by atoms with van der Waals surface area (Å²) in [4.78, 5) is 2.41. The van der Waals surface area contributed by atoms with Crippen molar-refractivity contribution in [1.82, 2.24) is 4.90 Å². The maximum atomic E-state index is 5.55. The number of anilines is 1. The molecule has 0 heterocycles. The number of rotatable bonds is 9. The summed E-state index contributed by atoms with van der Waals surface area (Å²) >= 11 is 0. The van der Waals surface area contributed by atoms with E-state index in [0.717, 1.165) is 50.6 Å². The van der Waals surface area contributed by atoms with Gasteiger partial charge in [0, 0.05) is 18.8 Å². The first-order chi connectivity index (χ1) is 8.80. The van der Waals surface area contributed by atoms with Crippen molar-refractivity contribution in [3.8, 4) is 5.75 Å². The molecule has 0 spiro atoms. The monoisotopic (exact) mass is 250 g/mol. The van der Waals surface area contributed by atoms with Gasteiger partial charge in [0.15, 0.2) is 0 Å². The topological polar surface area (TPSA) is 24.5 Å². The Labute approximate surface area is 111 Å². The lowest BCUT2D eigenvalue weighted by molar-refractivity contribution is 0.315. The van der Waals surface area contributed by atoms with Crippen LogP contribution >= 0.6 is 0 Å². The Kier molecular flexibility index (Phi) is 7.26. The summed E-state index contributed by atoms with van der Waals surface area (Å²) in [6, 6.07) is 8.20. The van der Waals surface area contributed by atoms with Gasteiger partial charge in [-0.05, 0) is 43.8 Å². The highest BCUT2D eigenvalue weighted by Crippen LogP contribution is 2.15. The molecule has 3 heteroatoms. The number of likely N-dealkylation sites (N-methyl/N-ethyl adjacent to an activating group) is 1. The zero-order valence-electron chi connectivity index (χ0n) is 11.9. The molecule has 1 rings (SSSR count). The number of hydrogen-bond donors (Lipinski definition) is 1. The van der Waals surface area contributed by atoms with Crippen LogP contribution in [0.1, 0.15) is 27.2 Å². The number of benzene rings is 1. The highest BCUT2D eigenvalue weighted by Gasteiger charge is 1.98. The molecule has 0 fully saturated rings. The number of nitrogens with one attached hydrogen (secondary N) is 1. The Morgan fingerprint density at radius 1 is 1.06 bits per heavy atom. The fourth-order valence-electron chi connectivity index (χ4n) is 1.79. The molecular formula is C15H26N2O. The molecule has 1 aromatic carbocycles. The van der Waals surface area contributed by atoms with Crippen molar-refractivity contribution < 1.29 is 4.74 Å². The largest absolute Gasteiger partial charge is 0.494 e. The SMILES string of the molecule is CCCOc1ccc(NCCN(CC)CC)cc1. The van der Waals surface area contributed by atoms with Crippen LogP contribution in [0.15, 0.2) is 24.3 Å². The Hall–Kier alpha value is -1.22. The molecule has 1 aromatic rings. The van der Waals surface area contributed by atoms with Gasteiger partial charge in [0.05, 0.1) is 6.61 Å². The maximum absolute atomic E-state index is 5.55. The lowest BCUT2D eigenvalue weighted by Gasteiger charge is -2.18. The van der Waals surface area contributed by atoms with Crippen molar-refractivity contribution in [1.29, 1.82) is 0 Å². The second kappa shape index (κ2) is 8.81. The first-order valence-electron chi connectivity index (χ1n) is 6.99. The molecule has 18 heavy (non-hydrogen) atoms. The summed E-state index contributed by atoms with van der Waals surface area (Å²) in [7, 11) is 0. The van der Waals surface area contributed by atoms with Gasteiger partial charge in [0.2, 0.25) is 0 Å². The molecule has 0 amide bonds. The fourth-order valence-corrected chi connectivity index (χ4v) is 1.79. The second-order valence-electron chi connectivity index (χ2n) is 4.33. The highest BCUT2D eigenvalue weighted by atomic mass is 16.5. The van der Waals surface area contributed by atoms with E-state index in [1.54, 1.807) is 0 Å². The predicted molar refractivity (Wildman–Crippen MR) is 78.5 cm³/mol. The van der Waals surface area contributed by atoms with Crippen LogP contribution in [0, 0.1) is 0 Å². The van der Waals surface area contributed by atoms with Crippen molar-refractivity contribution in [2.75, 3.05) is 38.1 Å². The van der Waals surface area contributed by atoms with Crippen LogP contribution < -0.4 is 10.1 Å². The van der Waals surface area contributed by atoms with Gasteiger partial charge in [-0.1, -0.05) is 20.8 Å². The van der Waals surface area contributed by atoms with E-state index in [1.807, 2.05) is 12.1 Å². The van der Waals surface area contributed by atoms with Gasteiger partial charge in [-0.2, -0.15) is 0 Å². The Morgan fingerprint density at radius 3 is 2.28 bits per heavy atom. The third kappa shape index (κ3) is 5.41. The van der Waals surface area contributed by atoms with E-state index < -0.39 is 0 Å². The van der Waals surface area contributed by atoms with E-state index in [0.29, 0.717) is 0 Å². The first-order valence-corrected chi connectivity index (χ1v) is 6.99. The molecule has 0 radical (unpaired) electrons. The summed E-state index contributed by atoms with van der Waals surface area (Å²) in [6.45, 7) is 11.6. The summed E-state index contributed by atoms with van der Waals surface area (Å²) < 4.78 is 5.55. The highest BCUT2D eigenvalue weighted by molar-refractivity contribution is 5.46. The Morgan fingerprint density at radius 2 is 1.72 bits per heavy atom. The van der Waals surface area contributed by atoms with Gasteiger partial charge in [-0.15, -0.1) is 0 Å². The molecule has 0 aliphatic heterocycles. The van der Waals surface area contributed by atoms with Gasteiger partial charge in [-0.25, -0.2) is 0 Å². The van der Waals surface area contributed by atoms with Gasteiger partial charge >= 0.3 is 0 Å². The molecule has 0 aliphatic carbocycles. The standard InChI is InChI=1S/C15H26N2O/c1-4-13-18-15-9-7-14(8-10-15)16-11-12-17(5-2)6-3/h7-10,16H,4-6,11-13H2,1-3H3. The minimum Gasteiger partial charge on any atom is -0.494 e. The van der Waals surface area contributed by atoms with E-state index in [9.17, 15) is 0 Å². The zero-order chi connectivity index (χ0) is 13.2. The predicted octanol–water partition coefficient (Wildman–Crippen LogP) is 3.23. The van der Waals surface area contributed by atoms with E-state index in [4.69, 9.17) is 4.74 Å². The molecule has 102 valence electrons. The van der Waals surface area contributed by atoms with E-state index in [-0.39, 0.29) is 0 Å². The minimum absolute atomic E-state index is 0.786. The van der Waals surface area contributed by atoms with Crippen LogP contribution in [0.25, 0.3) is 0 Å². The number of hydrogen-bond acceptors (Lipinski definition) is 3. The maximum Gasteiger partial charge on any atom is 0.119 e. The molecular weight excluding hydrogens is 224 g/mol. The number of nitrogens with zero attached hydrogens (tertiary/aromatic N) is 1. The van der Waals surface area contributed by atoms with Crippen LogP contribution in [0.5, 0.6) is 5.75 Å². The van der Waals surface area contributed by atoms with Crippen LogP contribution in [0.2, 0.25) is 0 Å².